The van der Waals surface area contributed by atoms with Crippen LogP contribution in [0.4, 0.5) is 13.2 Å². The minimum absolute atomic E-state index is 0.0504. The predicted octanol–water partition coefficient (Wildman–Crippen LogP) is 5.82. The number of hydrogen-bond donors (Lipinski definition) is 1. The van der Waals surface area contributed by atoms with Crippen LogP contribution in [-0.4, -0.2) is 17.6 Å². The Balaban J connectivity index is 1.52. The molecule has 0 spiro atoms. The molecule has 0 atom stereocenters. The maximum absolute atomic E-state index is 13.0. The number of aromatic nitrogens is 1. The number of carbonyl (C=O) groups is 1. The van der Waals surface area contributed by atoms with Crippen LogP contribution in [-0.2, 0) is 12.8 Å². The molecule has 0 unspecified atom stereocenters. The van der Waals surface area contributed by atoms with E-state index >= 15 is 0 Å². The monoisotopic (exact) mass is 478 g/mol. The Morgan fingerprint density at radius 1 is 1.06 bits per heavy atom. The van der Waals surface area contributed by atoms with E-state index in [1.54, 1.807) is 19.1 Å². The molecule has 4 aromatic rings. The van der Waals surface area contributed by atoms with Gasteiger partial charge in [0.05, 0.1) is 28.9 Å². The van der Waals surface area contributed by atoms with E-state index in [4.69, 9.17) is 9.26 Å². The Morgan fingerprint density at radius 2 is 1.80 bits per heavy atom. The van der Waals surface area contributed by atoms with Crippen LogP contribution in [0.25, 0.3) is 10.8 Å². The van der Waals surface area contributed by atoms with Crippen molar-refractivity contribution >= 4 is 16.7 Å². The summed E-state index contributed by atoms with van der Waals surface area (Å²) in [6, 6.07) is 15.8. The van der Waals surface area contributed by atoms with E-state index < -0.39 is 17.6 Å². The summed E-state index contributed by atoms with van der Waals surface area (Å²) in [6.07, 6.45) is -4.44. The van der Waals surface area contributed by atoms with Crippen LogP contribution < -0.4 is 10.1 Å². The summed E-state index contributed by atoms with van der Waals surface area (Å²) >= 11 is 0. The summed E-state index contributed by atoms with van der Waals surface area (Å²) in [4.78, 5) is 13.0. The van der Waals surface area contributed by atoms with Gasteiger partial charge in [-0.25, -0.2) is 0 Å². The number of rotatable bonds is 5. The van der Waals surface area contributed by atoms with Crippen molar-refractivity contribution in [3.05, 3.63) is 94.4 Å². The average molecular weight is 478 g/mol. The molecule has 5 nitrogen and oxygen atoms in total. The summed E-state index contributed by atoms with van der Waals surface area (Å²) < 4.78 is 49.8. The predicted molar refractivity (Wildman–Crippen MR) is 125 cm³/mol. The van der Waals surface area contributed by atoms with Gasteiger partial charge in [-0.05, 0) is 55.0 Å². The van der Waals surface area contributed by atoms with Gasteiger partial charge in [-0.2, -0.15) is 13.2 Å². The number of alkyl halides is 3. The third kappa shape index (κ3) is 5.64. The molecule has 178 valence electrons. The lowest BCUT2D eigenvalue weighted by Crippen LogP contribution is -2.24. The molecular formula is C27H21F3N2O3. The number of carbonyl (C=O) groups excluding carboxylic acids is 1. The molecule has 3 aromatic carbocycles. The van der Waals surface area contributed by atoms with E-state index in [1.165, 1.54) is 12.1 Å². The van der Waals surface area contributed by atoms with Crippen molar-refractivity contribution in [2.75, 3.05) is 6.54 Å². The number of nitrogens with one attached hydrogen (secondary N) is 1. The number of amides is 1. The molecular weight excluding hydrogens is 457 g/mol. The molecule has 0 saturated carbocycles. The first kappa shape index (κ1) is 23.9. The van der Waals surface area contributed by atoms with Gasteiger partial charge in [0, 0.05) is 5.56 Å². The first-order valence-electron chi connectivity index (χ1n) is 10.7. The fourth-order valence-electron chi connectivity index (χ4n) is 3.51. The minimum Gasteiger partial charge on any atom is -0.488 e. The Hall–Kier alpha value is -4.25. The van der Waals surface area contributed by atoms with E-state index in [-0.39, 0.29) is 18.7 Å². The second kappa shape index (κ2) is 9.94. The first-order chi connectivity index (χ1) is 16.7. The molecule has 1 aromatic heterocycles. The largest absolute Gasteiger partial charge is 0.488 e. The quantitative estimate of drug-likeness (QED) is 0.367. The summed E-state index contributed by atoms with van der Waals surface area (Å²) in [7, 11) is 0. The van der Waals surface area contributed by atoms with Crippen LogP contribution in [0.1, 0.15) is 38.5 Å². The fourth-order valence-corrected chi connectivity index (χ4v) is 3.51. The van der Waals surface area contributed by atoms with E-state index in [1.807, 2.05) is 31.2 Å². The lowest BCUT2D eigenvalue weighted by Gasteiger charge is -2.13. The Labute approximate surface area is 199 Å². The van der Waals surface area contributed by atoms with Gasteiger partial charge in [0.25, 0.3) is 5.91 Å². The highest BCUT2D eigenvalue weighted by molar-refractivity contribution is 6.01. The van der Waals surface area contributed by atoms with Gasteiger partial charge in [-0.15, -0.1) is 0 Å². The highest BCUT2D eigenvalue weighted by Crippen LogP contribution is 2.30. The number of benzene rings is 3. The molecule has 1 amide bonds. The molecule has 0 aliphatic heterocycles. The topological polar surface area (TPSA) is 64.4 Å². The molecule has 0 aliphatic rings. The van der Waals surface area contributed by atoms with Crippen LogP contribution in [0, 0.1) is 25.7 Å². The van der Waals surface area contributed by atoms with Crippen molar-refractivity contribution in [2.24, 2.45) is 0 Å². The van der Waals surface area contributed by atoms with Gasteiger partial charge in [0.2, 0.25) is 0 Å². The summed E-state index contributed by atoms with van der Waals surface area (Å²) in [5, 5.41) is 8.37. The summed E-state index contributed by atoms with van der Waals surface area (Å²) in [6.45, 7) is 3.72. The number of nitrogens with zero attached hydrogens (tertiary/aromatic N) is 1. The van der Waals surface area contributed by atoms with Gasteiger partial charge < -0.3 is 14.6 Å². The molecule has 35 heavy (non-hydrogen) atoms. The maximum Gasteiger partial charge on any atom is 0.416 e. The van der Waals surface area contributed by atoms with Crippen molar-refractivity contribution < 1.29 is 27.2 Å². The van der Waals surface area contributed by atoms with Crippen LogP contribution in [0.2, 0.25) is 0 Å². The molecule has 4 rings (SSSR count). The fraction of sp³-hybridized carbons (Fsp3) is 0.185. The van der Waals surface area contributed by atoms with E-state index in [0.717, 1.165) is 28.5 Å². The van der Waals surface area contributed by atoms with Crippen LogP contribution in [0.15, 0.2) is 65.2 Å². The highest BCUT2D eigenvalue weighted by atomic mass is 19.4. The summed E-state index contributed by atoms with van der Waals surface area (Å²) in [5.74, 6) is 5.95. The third-order valence-electron chi connectivity index (χ3n) is 5.41. The van der Waals surface area contributed by atoms with Crippen molar-refractivity contribution in [2.45, 2.75) is 26.6 Å². The number of halogens is 3. The van der Waals surface area contributed by atoms with E-state index in [9.17, 15) is 18.0 Å². The van der Waals surface area contributed by atoms with Crippen molar-refractivity contribution in [1.29, 1.82) is 0 Å². The van der Waals surface area contributed by atoms with Crippen LogP contribution in [0.5, 0.6) is 5.75 Å². The SMILES string of the molecule is Cc1noc(C)c1COc1cc2ccccc2cc1C(=O)NCC#Cc1cccc(C(F)(F)F)c1. The lowest BCUT2D eigenvalue weighted by atomic mass is 10.1. The lowest BCUT2D eigenvalue weighted by molar-refractivity contribution is -0.137. The number of aryl methyl sites for hydroxylation is 2. The summed E-state index contributed by atoms with van der Waals surface area (Å²) in [5.41, 5.74) is 1.26. The zero-order valence-electron chi connectivity index (χ0n) is 19.0. The third-order valence-corrected chi connectivity index (χ3v) is 5.41. The normalized spacial score (nSPS) is 11.1. The maximum atomic E-state index is 13.0. The van der Waals surface area contributed by atoms with E-state index in [0.29, 0.717) is 22.8 Å². The zero-order chi connectivity index (χ0) is 25.0. The number of hydrogen-bond acceptors (Lipinski definition) is 4. The average Bonchev–Trinajstić information content (AvgIpc) is 3.16. The van der Waals surface area contributed by atoms with Crippen molar-refractivity contribution in [3.63, 3.8) is 0 Å². The molecule has 1 heterocycles. The Bertz CT molecular complexity index is 1430. The van der Waals surface area contributed by atoms with Crippen molar-refractivity contribution in [3.8, 4) is 17.6 Å². The molecule has 0 fully saturated rings. The zero-order valence-corrected chi connectivity index (χ0v) is 19.0. The molecule has 0 bridgehead atoms. The molecule has 0 saturated heterocycles. The first-order valence-corrected chi connectivity index (χ1v) is 10.7. The van der Waals surface area contributed by atoms with Gasteiger partial charge in [0.1, 0.15) is 18.1 Å². The standard InChI is InChI=1S/C27H21F3N2O3/c1-17-24(18(2)35-32-17)16-34-25-15-21-10-4-3-9-20(21)14-23(25)26(33)31-12-6-8-19-7-5-11-22(13-19)27(28,29)30/h3-5,7,9-11,13-15H,12,16H2,1-2H3,(H,31,33). The van der Waals surface area contributed by atoms with Crippen molar-refractivity contribution in [1.82, 2.24) is 10.5 Å². The Morgan fingerprint density at radius 3 is 2.49 bits per heavy atom. The van der Waals surface area contributed by atoms with Gasteiger partial charge in [0.15, 0.2) is 0 Å². The smallest absolute Gasteiger partial charge is 0.416 e. The number of fused-ring (bicyclic) bond motifs is 1. The second-order valence-corrected chi connectivity index (χ2v) is 7.85. The molecule has 0 radical (unpaired) electrons. The molecule has 0 aliphatic carbocycles. The minimum atomic E-state index is -4.44. The number of ether oxygens (including phenoxy) is 1. The van der Waals surface area contributed by atoms with Crippen LogP contribution >= 0.6 is 0 Å². The van der Waals surface area contributed by atoms with Crippen LogP contribution in [0.3, 0.4) is 0 Å². The van der Waals surface area contributed by atoms with Gasteiger partial charge >= 0.3 is 6.18 Å². The molecule has 1 N–H and O–H groups in total. The molecule has 8 heteroatoms. The van der Waals surface area contributed by atoms with Gasteiger partial charge in [-0.3, -0.25) is 4.79 Å². The van der Waals surface area contributed by atoms with E-state index in [2.05, 4.69) is 22.3 Å². The highest BCUT2D eigenvalue weighted by Gasteiger charge is 2.30. The van der Waals surface area contributed by atoms with Gasteiger partial charge in [-0.1, -0.05) is 47.3 Å². The Kier molecular flexibility index (Phi) is 6.78. The second-order valence-electron chi connectivity index (χ2n) is 7.85.